The van der Waals surface area contributed by atoms with E-state index in [-0.39, 0.29) is 23.3 Å². The SMILES string of the molecule is Cc1cc(-c2ccc(OC(F)(F)F)c(C(C)N3CCC4(CCc5ccc([C@H](C6CC6)[C@H](C)C(=O)O)cc5O4)CC3)c2)n(C)n1. The number of rotatable bonds is 8. The molecule has 1 aliphatic carbocycles. The summed E-state index contributed by atoms with van der Waals surface area (Å²) in [4.78, 5) is 14.1. The molecule has 7 nitrogen and oxygen atoms in total. The third-order valence-electron chi connectivity index (χ3n) is 9.95. The smallest absolute Gasteiger partial charge is 0.487 e. The molecular weight excluding hydrogens is 571 g/mol. The molecule has 2 aliphatic heterocycles. The molecule has 3 atom stereocenters. The van der Waals surface area contributed by atoms with Crippen LogP contribution in [-0.2, 0) is 18.3 Å². The fraction of sp³-hybridized carbons (Fsp3) is 0.529. The lowest BCUT2D eigenvalue weighted by Crippen LogP contribution is -2.50. The summed E-state index contributed by atoms with van der Waals surface area (Å²) >= 11 is 0. The van der Waals surface area contributed by atoms with Crippen LogP contribution in [0.4, 0.5) is 13.2 Å². The normalized spacial score (nSPS) is 20.4. The minimum Gasteiger partial charge on any atom is -0.487 e. The van der Waals surface area contributed by atoms with E-state index in [0.29, 0.717) is 24.6 Å². The van der Waals surface area contributed by atoms with E-state index in [4.69, 9.17) is 4.74 Å². The quantitative estimate of drug-likeness (QED) is 0.286. The molecule has 1 saturated heterocycles. The molecule has 1 unspecified atom stereocenters. The Morgan fingerprint density at radius 2 is 1.82 bits per heavy atom. The van der Waals surface area contributed by atoms with E-state index < -0.39 is 18.2 Å². The van der Waals surface area contributed by atoms with E-state index in [1.165, 1.54) is 6.07 Å². The lowest BCUT2D eigenvalue weighted by Gasteiger charge is -2.46. The second-order valence-electron chi connectivity index (χ2n) is 12.9. The van der Waals surface area contributed by atoms with Gasteiger partial charge in [-0.15, -0.1) is 13.2 Å². The molecule has 2 fully saturated rings. The van der Waals surface area contributed by atoms with Crippen LogP contribution >= 0.6 is 0 Å². The van der Waals surface area contributed by atoms with Gasteiger partial charge in [0.1, 0.15) is 17.1 Å². The summed E-state index contributed by atoms with van der Waals surface area (Å²) in [6.45, 7) is 6.93. The van der Waals surface area contributed by atoms with Crippen LogP contribution in [-0.4, -0.2) is 50.8 Å². The minimum absolute atomic E-state index is 0.0267. The zero-order valence-corrected chi connectivity index (χ0v) is 25.7. The second kappa shape index (κ2) is 11.4. The predicted octanol–water partition coefficient (Wildman–Crippen LogP) is 7.43. The van der Waals surface area contributed by atoms with Crippen molar-refractivity contribution in [1.29, 1.82) is 0 Å². The lowest BCUT2D eigenvalue weighted by atomic mass is 9.80. The summed E-state index contributed by atoms with van der Waals surface area (Å²) < 4.78 is 53.1. The number of nitrogens with zero attached hydrogens (tertiary/aromatic N) is 3. The topological polar surface area (TPSA) is 76.8 Å². The average Bonchev–Trinajstić information content (AvgIpc) is 3.74. The van der Waals surface area contributed by atoms with Crippen LogP contribution in [0.25, 0.3) is 11.3 Å². The zero-order chi connectivity index (χ0) is 31.4. The van der Waals surface area contributed by atoms with E-state index in [0.717, 1.165) is 72.4 Å². The number of aromatic nitrogens is 2. The number of fused-ring (bicyclic) bond motifs is 1. The highest BCUT2D eigenvalue weighted by Crippen LogP contribution is 2.49. The number of aryl methyl sites for hydroxylation is 3. The molecule has 3 aliphatic rings. The van der Waals surface area contributed by atoms with Gasteiger partial charge < -0.3 is 14.6 Å². The Kier molecular flexibility index (Phi) is 7.93. The van der Waals surface area contributed by atoms with Gasteiger partial charge in [-0.25, -0.2) is 0 Å². The van der Waals surface area contributed by atoms with Crippen molar-refractivity contribution in [3.63, 3.8) is 0 Å². The zero-order valence-electron chi connectivity index (χ0n) is 25.7. The van der Waals surface area contributed by atoms with Gasteiger partial charge in [-0.2, -0.15) is 5.10 Å². The van der Waals surface area contributed by atoms with Crippen LogP contribution in [0.3, 0.4) is 0 Å². The lowest BCUT2D eigenvalue weighted by molar-refractivity contribution is -0.275. The van der Waals surface area contributed by atoms with Crippen LogP contribution in [0, 0.1) is 18.8 Å². The predicted molar refractivity (Wildman–Crippen MR) is 160 cm³/mol. The van der Waals surface area contributed by atoms with Crippen molar-refractivity contribution in [2.24, 2.45) is 18.9 Å². The number of hydrogen-bond acceptors (Lipinski definition) is 5. The first-order chi connectivity index (χ1) is 20.8. The van der Waals surface area contributed by atoms with Gasteiger partial charge in [0, 0.05) is 37.3 Å². The second-order valence-corrected chi connectivity index (χ2v) is 12.9. The van der Waals surface area contributed by atoms with Gasteiger partial charge in [-0.05, 0) is 106 Å². The summed E-state index contributed by atoms with van der Waals surface area (Å²) in [5, 5.41) is 14.1. The number of alkyl halides is 3. The first-order valence-corrected chi connectivity index (χ1v) is 15.5. The largest absolute Gasteiger partial charge is 0.573 e. The Morgan fingerprint density at radius 3 is 2.43 bits per heavy atom. The monoisotopic (exact) mass is 611 g/mol. The van der Waals surface area contributed by atoms with E-state index in [9.17, 15) is 23.1 Å². The average molecular weight is 612 g/mol. The number of hydrogen-bond donors (Lipinski definition) is 1. The summed E-state index contributed by atoms with van der Waals surface area (Å²) in [5.74, 6) is -0.213. The van der Waals surface area contributed by atoms with Crippen molar-refractivity contribution in [2.75, 3.05) is 13.1 Å². The number of halogens is 3. The van der Waals surface area contributed by atoms with Gasteiger partial charge in [-0.1, -0.05) is 19.1 Å². The maximum Gasteiger partial charge on any atom is 0.573 e. The number of carbonyl (C=O) groups is 1. The number of carboxylic acids is 1. The number of benzene rings is 2. The molecule has 1 saturated carbocycles. The molecule has 10 heteroatoms. The van der Waals surface area contributed by atoms with Crippen molar-refractivity contribution in [3.05, 3.63) is 64.8 Å². The molecule has 236 valence electrons. The summed E-state index contributed by atoms with van der Waals surface area (Å²) in [5.41, 5.74) is 4.73. The van der Waals surface area contributed by atoms with Crippen LogP contribution in [0.2, 0.25) is 0 Å². The molecule has 1 N–H and O–H groups in total. The van der Waals surface area contributed by atoms with Crippen LogP contribution in [0.15, 0.2) is 42.5 Å². The molecule has 1 aromatic heterocycles. The molecule has 3 heterocycles. The minimum atomic E-state index is -4.80. The molecule has 3 aromatic rings. The van der Waals surface area contributed by atoms with Crippen LogP contribution < -0.4 is 9.47 Å². The fourth-order valence-electron chi connectivity index (χ4n) is 7.31. The van der Waals surface area contributed by atoms with Crippen molar-refractivity contribution >= 4 is 5.97 Å². The molecule has 0 bridgehead atoms. The Balaban J connectivity index is 1.20. The maximum atomic E-state index is 13.4. The highest BCUT2D eigenvalue weighted by atomic mass is 19.4. The van der Waals surface area contributed by atoms with Crippen LogP contribution in [0.1, 0.15) is 80.3 Å². The van der Waals surface area contributed by atoms with Gasteiger partial charge in [0.25, 0.3) is 0 Å². The number of carboxylic acid groups (broad SMARTS) is 1. The summed E-state index contributed by atoms with van der Waals surface area (Å²) in [7, 11) is 1.82. The van der Waals surface area contributed by atoms with Crippen molar-refractivity contribution in [2.45, 2.75) is 83.2 Å². The molecule has 6 rings (SSSR count). The van der Waals surface area contributed by atoms with Gasteiger partial charge in [0.2, 0.25) is 0 Å². The molecule has 0 amide bonds. The molecule has 0 radical (unpaired) electrons. The Morgan fingerprint density at radius 1 is 1.09 bits per heavy atom. The van der Waals surface area contributed by atoms with Gasteiger partial charge in [0.05, 0.1) is 17.3 Å². The van der Waals surface area contributed by atoms with Gasteiger partial charge in [-0.3, -0.25) is 14.4 Å². The van der Waals surface area contributed by atoms with E-state index in [1.807, 2.05) is 27.0 Å². The number of piperidine rings is 1. The third kappa shape index (κ3) is 6.18. The third-order valence-corrected chi connectivity index (χ3v) is 9.95. The van der Waals surface area contributed by atoms with E-state index in [2.05, 4.69) is 32.9 Å². The number of aliphatic carboxylic acids is 1. The van der Waals surface area contributed by atoms with Gasteiger partial charge >= 0.3 is 12.3 Å². The van der Waals surface area contributed by atoms with Crippen LogP contribution in [0.5, 0.6) is 11.5 Å². The standard InChI is InChI=1S/C34H40F3N3O4/c1-20-17-28(39(4)38-20)25-9-10-29(44-34(35,36)37)27(18-25)22(3)40-15-13-33(14-16-40)12-11-23-5-8-26(19-30(23)43-33)31(24-6-7-24)21(2)32(41)42/h5,8-10,17-19,21-22,24,31H,6-7,11-16H2,1-4H3,(H,41,42)/t21-,22?,31-/m0/s1. The molecule has 1 spiro atoms. The Hall–Kier alpha value is -3.53. The number of ether oxygens (including phenoxy) is 2. The first kappa shape index (κ1) is 30.5. The van der Waals surface area contributed by atoms with E-state index in [1.54, 1.807) is 23.7 Å². The number of likely N-dealkylation sites (tertiary alicyclic amines) is 1. The van der Waals surface area contributed by atoms with Gasteiger partial charge in [0.15, 0.2) is 0 Å². The first-order valence-electron chi connectivity index (χ1n) is 15.5. The summed E-state index contributed by atoms with van der Waals surface area (Å²) in [6, 6.07) is 12.7. The maximum absolute atomic E-state index is 13.4. The van der Waals surface area contributed by atoms with Crippen molar-refractivity contribution in [1.82, 2.24) is 14.7 Å². The highest BCUT2D eigenvalue weighted by Gasteiger charge is 2.43. The molecule has 2 aromatic carbocycles. The van der Waals surface area contributed by atoms with Crippen molar-refractivity contribution < 1.29 is 32.5 Å². The Labute approximate surface area is 256 Å². The Bertz CT molecular complexity index is 1540. The molecule has 44 heavy (non-hydrogen) atoms. The molecular formula is C34H40F3N3O4. The highest BCUT2D eigenvalue weighted by molar-refractivity contribution is 5.71. The van der Waals surface area contributed by atoms with E-state index >= 15 is 0 Å². The fourth-order valence-corrected chi connectivity index (χ4v) is 7.31. The van der Waals surface area contributed by atoms with Crippen molar-refractivity contribution in [3.8, 4) is 22.8 Å². The summed E-state index contributed by atoms with van der Waals surface area (Å²) in [6.07, 6.45) is 0.550.